The molecule has 1 atom stereocenters. The van der Waals surface area contributed by atoms with Gasteiger partial charge in [0.15, 0.2) is 0 Å². The van der Waals surface area contributed by atoms with Crippen LogP contribution in [0.4, 0.5) is 0 Å². The molecular formula is C21H38ClNO. The van der Waals surface area contributed by atoms with E-state index < -0.39 is 0 Å². The molecule has 1 unspecified atom stereocenters. The third-order valence-electron chi connectivity index (χ3n) is 4.28. The highest BCUT2D eigenvalue weighted by Crippen LogP contribution is 2.38. The smallest absolute Gasteiger partial charge is 0.122 e. The highest BCUT2D eigenvalue weighted by Gasteiger charge is 2.28. The number of rotatable bonds is 8. The molecular weight excluding hydrogens is 318 g/mol. The third-order valence-corrected chi connectivity index (χ3v) is 4.28. The summed E-state index contributed by atoms with van der Waals surface area (Å²) < 4.78 is 5.94. The van der Waals surface area contributed by atoms with Gasteiger partial charge < -0.3 is 10.5 Å². The standard InChI is InChI=1S/C21H37NO.ClH/c1-8-12-23-19-11-10-17(13-16(19)14-18(22)9-2)21(6,7)15-20(3,4)5;/h10-11,13,18H,8-9,12,14-15,22H2,1-7H3;1H. The van der Waals surface area contributed by atoms with Crippen LogP contribution in [0.25, 0.3) is 0 Å². The van der Waals surface area contributed by atoms with E-state index in [1.807, 2.05) is 0 Å². The Labute approximate surface area is 156 Å². The van der Waals surface area contributed by atoms with Crippen LogP contribution in [0.3, 0.4) is 0 Å². The van der Waals surface area contributed by atoms with Crippen molar-refractivity contribution in [1.82, 2.24) is 0 Å². The summed E-state index contributed by atoms with van der Waals surface area (Å²) in [4.78, 5) is 0. The lowest BCUT2D eigenvalue weighted by Gasteiger charge is -2.33. The molecule has 0 aliphatic heterocycles. The number of ether oxygens (including phenoxy) is 1. The van der Waals surface area contributed by atoms with Gasteiger partial charge >= 0.3 is 0 Å². The van der Waals surface area contributed by atoms with Gasteiger partial charge in [0.2, 0.25) is 0 Å². The summed E-state index contributed by atoms with van der Waals surface area (Å²) in [7, 11) is 0. The summed E-state index contributed by atoms with van der Waals surface area (Å²) in [5.74, 6) is 1.01. The average Bonchev–Trinajstić information content (AvgIpc) is 2.43. The van der Waals surface area contributed by atoms with Gasteiger partial charge in [0, 0.05) is 6.04 Å². The highest BCUT2D eigenvalue weighted by atomic mass is 35.5. The van der Waals surface area contributed by atoms with Gasteiger partial charge in [-0.05, 0) is 53.7 Å². The number of benzene rings is 1. The zero-order valence-corrected chi connectivity index (χ0v) is 17.6. The van der Waals surface area contributed by atoms with Crippen LogP contribution < -0.4 is 10.5 Å². The van der Waals surface area contributed by atoms with Crippen LogP contribution >= 0.6 is 12.4 Å². The minimum atomic E-state index is 0. The second-order valence-electron chi connectivity index (χ2n) is 8.66. The molecule has 0 aromatic heterocycles. The van der Waals surface area contributed by atoms with Crippen LogP contribution in [0.1, 0.15) is 78.9 Å². The van der Waals surface area contributed by atoms with Gasteiger partial charge in [-0.1, -0.05) is 60.6 Å². The molecule has 0 saturated carbocycles. The number of nitrogens with two attached hydrogens (primary N) is 1. The number of hydrogen-bond acceptors (Lipinski definition) is 2. The van der Waals surface area contributed by atoms with Gasteiger partial charge in [-0.15, -0.1) is 12.4 Å². The van der Waals surface area contributed by atoms with Crippen molar-refractivity contribution >= 4 is 12.4 Å². The zero-order chi connectivity index (χ0) is 17.7. The predicted molar refractivity (Wildman–Crippen MR) is 109 cm³/mol. The summed E-state index contributed by atoms with van der Waals surface area (Å²) >= 11 is 0. The monoisotopic (exact) mass is 355 g/mol. The maximum absolute atomic E-state index is 6.21. The van der Waals surface area contributed by atoms with Crippen LogP contribution in [0.2, 0.25) is 0 Å². The first-order valence-corrected chi connectivity index (χ1v) is 9.11. The van der Waals surface area contributed by atoms with Crippen molar-refractivity contribution in [3.05, 3.63) is 29.3 Å². The molecule has 0 saturated heterocycles. The van der Waals surface area contributed by atoms with Crippen molar-refractivity contribution in [2.75, 3.05) is 6.61 Å². The largest absolute Gasteiger partial charge is 0.493 e. The Balaban J connectivity index is 0.00000529. The van der Waals surface area contributed by atoms with E-state index in [0.29, 0.717) is 5.41 Å². The van der Waals surface area contributed by atoms with Gasteiger partial charge in [0.1, 0.15) is 5.75 Å². The predicted octanol–water partition coefficient (Wildman–Crippen LogP) is 5.89. The molecule has 24 heavy (non-hydrogen) atoms. The minimum Gasteiger partial charge on any atom is -0.493 e. The molecule has 0 heterocycles. The Morgan fingerprint density at radius 2 is 1.71 bits per heavy atom. The lowest BCUT2D eigenvalue weighted by Crippen LogP contribution is -2.26. The van der Waals surface area contributed by atoms with Crippen LogP contribution in [0, 0.1) is 5.41 Å². The van der Waals surface area contributed by atoms with Crippen LogP contribution in [-0.2, 0) is 11.8 Å². The van der Waals surface area contributed by atoms with E-state index in [1.54, 1.807) is 0 Å². The molecule has 0 aliphatic carbocycles. The maximum atomic E-state index is 6.21. The number of halogens is 1. The van der Waals surface area contributed by atoms with Crippen LogP contribution in [0.15, 0.2) is 18.2 Å². The second-order valence-corrected chi connectivity index (χ2v) is 8.66. The second kappa shape index (κ2) is 9.68. The van der Waals surface area contributed by atoms with Crippen LogP contribution in [-0.4, -0.2) is 12.6 Å². The van der Waals surface area contributed by atoms with E-state index in [0.717, 1.165) is 38.0 Å². The third kappa shape index (κ3) is 7.44. The fourth-order valence-corrected chi connectivity index (χ4v) is 3.37. The zero-order valence-electron chi connectivity index (χ0n) is 16.7. The Morgan fingerprint density at radius 1 is 1.08 bits per heavy atom. The molecule has 0 spiro atoms. The lowest BCUT2D eigenvalue weighted by molar-refractivity contribution is 0.283. The van der Waals surface area contributed by atoms with E-state index in [1.165, 1.54) is 11.1 Å². The highest BCUT2D eigenvalue weighted by molar-refractivity contribution is 5.85. The Morgan fingerprint density at radius 3 is 2.21 bits per heavy atom. The summed E-state index contributed by atoms with van der Waals surface area (Å²) in [6, 6.07) is 6.90. The summed E-state index contributed by atoms with van der Waals surface area (Å²) in [6.45, 7) is 16.6. The summed E-state index contributed by atoms with van der Waals surface area (Å²) in [5, 5.41) is 0. The van der Waals surface area contributed by atoms with Gasteiger partial charge in [-0.3, -0.25) is 0 Å². The molecule has 2 nitrogen and oxygen atoms in total. The van der Waals surface area contributed by atoms with Gasteiger partial charge in [-0.2, -0.15) is 0 Å². The van der Waals surface area contributed by atoms with Gasteiger partial charge in [0.25, 0.3) is 0 Å². The SMILES string of the molecule is CCCOc1ccc(C(C)(C)CC(C)(C)C)cc1CC(N)CC.Cl. The molecule has 0 aliphatic rings. The molecule has 1 aromatic carbocycles. The van der Waals surface area contributed by atoms with E-state index in [9.17, 15) is 0 Å². The van der Waals surface area contributed by atoms with E-state index in [-0.39, 0.29) is 23.9 Å². The Hall–Kier alpha value is -0.730. The Kier molecular flexibility index (Phi) is 9.38. The molecule has 140 valence electrons. The van der Waals surface area contributed by atoms with Crippen molar-refractivity contribution in [3.63, 3.8) is 0 Å². The van der Waals surface area contributed by atoms with Crippen molar-refractivity contribution in [1.29, 1.82) is 0 Å². The average molecular weight is 356 g/mol. The molecule has 0 radical (unpaired) electrons. The van der Waals surface area contributed by atoms with Crippen molar-refractivity contribution < 1.29 is 4.74 Å². The van der Waals surface area contributed by atoms with Crippen molar-refractivity contribution in [2.24, 2.45) is 11.1 Å². The summed E-state index contributed by atoms with van der Waals surface area (Å²) in [6.07, 6.45) is 4.04. The van der Waals surface area contributed by atoms with Crippen LogP contribution in [0.5, 0.6) is 5.75 Å². The fraction of sp³-hybridized carbons (Fsp3) is 0.714. The molecule has 0 amide bonds. The van der Waals surface area contributed by atoms with Crippen molar-refractivity contribution in [3.8, 4) is 5.75 Å². The maximum Gasteiger partial charge on any atom is 0.122 e. The fourth-order valence-electron chi connectivity index (χ4n) is 3.37. The van der Waals surface area contributed by atoms with Gasteiger partial charge in [0.05, 0.1) is 6.61 Å². The van der Waals surface area contributed by atoms with Crippen molar-refractivity contribution in [2.45, 2.75) is 85.6 Å². The van der Waals surface area contributed by atoms with E-state index >= 15 is 0 Å². The first-order valence-electron chi connectivity index (χ1n) is 9.11. The molecule has 1 rings (SSSR count). The molecule has 3 heteroatoms. The van der Waals surface area contributed by atoms with Gasteiger partial charge in [-0.25, -0.2) is 0 Å². The Bertz CT molecular complexity index is 491. The first kappa shape index (κ1) is 23.3. The molecule has 2 N–H and O–H groups in total. The van der Waals surface area contributed by atoms with E-state index in [4.69, 9.17) is 10.5 Å². The lowest BCUT2D eigenvalue weighted by atomic mass is 9.72. The molecule has 1 aromatic rings. The minimum absolute atomic E-state index is 0. The van der Waals surface area contributed by atoms with E-state index in [2.05, 4.69) is 66.7 Å². The first-order chi connectivity index (χ1) is 10.6. The normalized spacial score (nSPS) is 13.3. The topological polar surface area (TPSA) is 35.2 Å². The molecule has 0 bridgehead atoms. The number of hydrogen-bond donors (Lipinski definition) is 1. The molecule has 0 fully saturated rings. The quantitative estimate of drug-likeness (QED) is 0.630. The summed E-state index contributed by atoms with van der Waals surface area (Å²) in [5.41, 5.74) is 9.30.